The van der Waals surface area contributed by atoms with E-state index in [1.807, 2.05) is 19.1 Å². The van der Waals surface area contributed by atoms with Crippen LogP contribution >= 0.6 is 11.6 Å². The van der Waals surface area contributed by atoms with Gasteiger partial charge in [0.1, 0.15) is 11.6 Å². The van der Waals surface area contributed by atoms with E-state index < -0.39 is 24.3 Å². The number of rotatable bonds is 7. The summed E-state index contributed by atoms with van der Waals surface area (Å²) in [4.78, 5) is 23.2. The van der Waals surface area contributed by atoms with Gasteiger partial charge >= 0.3 is 5.97 Å². The van der Waals surface area contributed by atoms with Gasteiger partial charge in [0.15, 0.2) is 13.2 Å². The van der Waals surface area contributed by atoms with Crippen LogP contribution in [0.4, 0.5) is 4.39 Å². The maximum atomic E-state index is 13.0. The quantitative estimate of drug-likeness (QED) is 0.766. The molecular weight excluding hydrogens is 349 g/mol. The molecule has 0 saturated heterocycles. The molecule has 1 N–H and O–H groups in total. The number of halogens is 2. The summed E-state index contributed by atoms with van der Waals surface area (Å²) < 4.78 is 23.1. The van der Waals surface area contributed by atoms with Crippen molar-refractivity contribution in [2.45, 2.75) is 13.5 Å². The maximum absolute atomic E-state index is 13.0. The predicted octanol–water partition coefficient (Wildman–Crippen LogP) is 3.03. The molecular formula is C18H17ClFNO4. The van der Waals surface area contributed by atoms with Gasteiger partial charge in [0.05, 0.1) is 5.02 Å². The average molecular weight is 366 g/mol. The first-order valence-electron chi connectivity index (χ1n) is 7.50. The van der Waals surface area contributed by atoms with Crippen molar-refractivity contribution in [3.63, 3.8) is 0 Å². The van der Waals surface area contributed by atoms with Crippen LogP contribution < -0.4 is 10.1 Å². The molecule has 0 aliphatic rings. The molecule has 0 heterocycles. The van der Waals surface area contributed by atoms with Crippen molar-refractivity contribution < 1.29 is 23.5 Å². The monoisotopic (exact) mass is 365 g/mol. The first-order chi connectivity index (χ1) is 11.9. The zero-order valence-electron chi connectivity index (χ0n) is 13.6. The Balaban J connectivity index is 1.67. The standard InChI is InChI=1S/C18H17ClFNO4/c1-12-2-5-14(6-3-12)24-11-18(23)25-10-17(22)21-9-13-4-7-16(20)15(19)8-13/h2-8H,9-11H2,1H3,(H,21,22). The van der Waals surface area contributed by atoms with Crippen molar-refractivity contribution in [2.24, 2.45) is 0 Å². The smallest absolute Gasteiger partial charge is 0.344 e. The highest BCUT2D eigenvalue weighted by molar-refractivity contribution is 6.30. The Morgan fingerprint density at radius 3 is 2.52 bits per heavy atom. The van der Waals surface area contributed by atoms with Crippen LogP contribution in [0.2, 0.25) is 5.02 Å². The SMILES string of the molecule is Cc1ccc(OCC(=O)OCC(=O)NCc2ccc(F)c(Cl)c2)cc1. The van der Waals surface area contributed by atoms with Crippen molar-refractivity contribution in [1.82, 2.24) is 5.32 Å². The highest BCUT2D eigenvalue weighted by Crippen LogP contribution is 2.15. The lowest BCUT2D eigenvalue weighted by Crippen LogP contribution is -2.29. The van der Waals surface area contributed by atoms with Gasteiger partial charge in [-0.1, -0.05) is 35.4 Å². The number of hydrogen-bond donors (Lipinski definition) is 1. The molecule has 0 radical (unpaired) electrons. The lowest BCUT2D eigenvalue weighted by atomic mass is 10.2. The highest BCUT2D eigenvalue weighted by Gasteiger charge is 2.09. The van der Waals surface area contributed by atoms with Crippen LogP contribution in [0, 0.1) is 12.7 Å². The molecule has 0 saturated carbocycles. The Labute approximate surface area is 149 Å². The molecule has 0 atom stereocenters. The number of benzene rings is 2. The Morgan fingerprint density at radius 1 is 1.12 bits per heavy atom. The summed E-state index contributed by atoms with van der Waals surface area (Å²) in [5.74, 6) is -1.12. The number of esters is 1. The third-order valence-corrected chi connectivity index (χ3v) is 3.51. The first kappa shape index (κ1) is 18.7. The van der Waals surface area contributed by atoms with Crippen molar-refractivity contribution in [3.8, 4) is 5.75 Å². The highest BCUT2D eigenvalue weighted by atomic mass is 35.5. The fraction of sp³-hybridized carbons (Fsp3) is 0.222. The second kappa shape index (κ2) is 9.03. The number of aryl methyl sites for hydroxylation is 1. The summed E-state index contributed by atoms with van der Waals surface area (Å²) in [6.07, 6.45) is 0. The molecule has 0 aliphatic carbocycles. The molecule has 7 heteroatoms. The number of carbonyl (C=O) groups excluding carboxylic acids is 2. The third-order valence-electron chi connectivity index (χ3n) is 3.22. The van der Waals surface area contributed by atoms with E-state index in [1.54, 1.807) is 12.1 Å². The van der Waals surface area contributed by atoms with Crippen molar-refractivity contribution in [3.05, 3.63) is 64.4 Å². The van der Waals surface area contributed by atoms with Crippen molar-refractivity contribution in [2.75, 3.05) is 13.2 Å². The normalized spacial score (nSPS) is 10.2. The topological polar surface area (TPSA) is 64.6 Å². The fourth-order valence-corrected chi connectivity index (χ4v) is 2.07. The summed E-state index contributed by atoms with van der Waals surface area (Å²) in [6, 6.07) is 11.3. The number of carbonyl (C=O) groups is 2. The largest absolute Gasteiger partial charge is 0.482 e. The Hall–Kier alpha value is -2.60. The molecule has 1 amide bonds. The molecule has 5 nitrogen and oxygen atoms in total. The van der Waals surface area contributed by atoms with Gasteiger partial charge in [0.25, 0.3) is 5.91 Å². The summed E-state index contributed by atoms with van der Waals surface area (Å²) in [7, 11) is 0. The number of ether oxygens (including phenoxy) is 2. The zero-order valence-corrected chi connectivity index (χ0v) is 14.3. The van der Waals surface area contributed by atoms with E-state index in [-0.39, 0.29) is 18.2 Å². The predicted molar refractivity (Wildman–Crippen MR) is 90.9 cm³/mol. The fourth-order valence-electron chi connectivity index (χ4n) is 1.87. The summed E-state index contributed by atoms with van der Waals surface area (Å²) in [5.41, 5.74) is 1.71. The van der Waals surface area contributed by atoms with Gasteiger partial charge in [-0.3, -0.25) is 4.79 Å². The van der Waals surface area contributed by atoms with Gasteiger partial charge in [-0.05, 0) is 36.8 Å². The summed E-state index contributed by atoms with van der Waals surface area (Å²) >= 11 is 5.65. The third kappa shape index (κ3) is 6.43. The summed E-state index contributed by atoms with van der Waals surface area (Å²) in [5, 5.41) is 2.52. The first-order valence-corrected chi connectivity index (χ1v) is 7.87. The molecule has 0 bridgehead atoms. The van der Waals surface area contributed by atoms with Crippen molar-refractivity contribution in [1.29, 1.82) is 0 Å². The lowest BCUT2D eigenvalue weighted by Gasteiger charge is -2.08. The average Bonchev–Trinajstić information content (AvgIpc) is 2.60. The molecule has 2 rings (SSSR count). The van der Waals surface area contributed by atoms with E-state index in [9.17, 15) is 14.0 Å². The molecule has 2 aromatic carbocycles. The second-order valence-electron chi connectivity index (χ2n) is 5.29. The number of amides is 1. The van der Waals surface area contributed by atoms with Gasteiger partial charge < -0.3 is 14.8 Å². The van der Waals surface area contributed by atoms with Crippen LogP contribution in [-0.2, 0) is 20.9 Å². The van der Waals surface area contributed by atoms with Gasteiger partial charge in [-0.2, -0.15) is 0 Å². The number of hydrogen-bond acceptors (Lipinski definition) is 4. The van der Waals surface area contributed by atoms with Gasteiger partial charge in [-0.15, -0.1) is 0 Å². The van der Waals surface area contributed by atoms with Crippen LogP contribution in [0.25, 0.3) is 0 Å². The maximum Gasteiger partial charge on any atom is 0.344 e. The molecule has 25 heavy (non-hydrogen) atoms. The molecule has 0 aliphatic heterocycles. The van der Waals surface area contributed by atoms with Gasteiger partial charge in [0, 0.05) is 6.54 Å². The van der Waals surface area contributed by atoms with Crippen LogP contribution in [0.3, 0.4) is 0 Å². The van der Waals surface area contributed by atoms with E-state index in [2.05, 4.69) is 5.32 Å². The van der Waals surface area contributed by atoms with E-state index in [0.717, 1.165) is 5.56 Å². The second-order valence-corrected chi connectivity index (χ2v) is 5.69. The molecule has 0 fully saturated rings. The minimum atomic E-state index is -0.652. The van der Waals surface area contributed by atoms with Crippen LogP contribution in [0.15, 0.2) is 42.5 Å². The van der Waals surface area contributed by atoms with Crippen LogP contribution in [-0.4, -0.2) is 25.1 Å². The lowest BCUT2D eigenvalue weighted by molar-refractivity contribution is -0.150. The Kier molecular flexibility index (Phi) is 6.77. The Morgan fingerprint density at radius 2 is 1.84 bits per heavy atom. The van der Waals surface area contributed by atoms with E-state index in [4.69, 9.17) is 21.1 Å². The summed E-state index contributed by atoms with van der Waals surface area (Å²) in [6.45, 7) is 1.38. The number of nitrogens with one attached hydrogen (secondary N) is 1. The van der Waals surface area contributed by atoms with E-state index >= 15 is 0 Å². The van der Waals surface area contributed by atoms with Crippen LogP contribution in [0.5, 0.6) is 5.75 Å². The van der Waals surface area contributed by atoms with E-state index in [1.165, 1.54) is 18.2 Å². The molecule has 132 valence electrons. The van der Waals surface area contributed by atoms with Gasteiger partial charge in [-0.25, -0.2) is 9.18 Å². The van der Waals surface area contributed by atoms with E-state index in [0.29, 0.717) is 11.3 Å². The zero-order chi connectivity index (χ0) is 18.2. The molecule has 0 unspecified atom stereocenters. The van der Waals surface area contributed by atoms with Gasteiger partial charge in [0.2, 0.25) is 0 Å². The Bertz CT molecular complexity index is 749. The van der Waals surface area contributed by atoms with Crippen LogP contribution in [0.1, 0.15) is 11.1 Å². The molecule has 2 aromatic rings. The minimum Gasteiger partial charge on any atom is -0.482 e. The molecule has 0 aromatic heterocycles. The molecule has 0 spiro atoms. The van der Waals surface area contributed by atoms with Crippen molar-refractivity contribution >= 4 is 23.5 Å². The minimum absolute atomic E-state index is 0.0218.